The predicted molar refractivity (Wildman–Crippen MR) is 86.9 cm³/mol. The van der Waals surface area contributed by atoms with Gasteiger partial charge in [-0.1, -0.05) is 44.2 Å². The number of hydrogen-bond acceptors (Lipinski definition) is 3. The zero-order chi connectivity index (χ0) is 14.8. The lowest BCUT2D eigenvalue weighted by Gasteiger charge is -2.31. The van der Waals surface area contributed by atoms with Crippen molar-refractivity contribution in [3.8, 4) is 0 Å². The molecule has 0 saturated heterocycles. The summed E-state index contributed by atoms with van der Waals surface area (Å²) in [7, 11) is 0. The van der Waals surface area contributed by atoms with Crippen LogP contribution in [0.3, 0.4) is 0 Å². The fraction of sp³-hybridized carbons (Fsp3) is 0.167. The number of benzene rings is 2. The summed E-state index contributed by atoms with van der Waals surface area (Å²) in [5, 5.41) is 3.25. The number of carbonyl (C=O) groups is 1. The number of anilines is 3. The molecule has 1 N–H and O–H groups in total. The van der Waals surface area contributed by atoms with Crippen molar-refractivity contribution in [1.29, 1.82) is 0 Å². The fourth-order valence-corrected chi connectivity index (χ4v) is 2.62. The molecule has 2 aromatic carbocycles. The number of carbonyl (C=O) groups excluding carboxylic acids is 1. The second-order valence-electron chi connectivity index (χ2n) is 5.43. The maximum Gasteiger partial charge on any atom is 0.167 e. The van der Waals surface area contributed by atoms with Crippen LogP contribution in [0.2, 0.25) is 0 Å². The highest BCUT2D eigenvalue weighted by Gasteiger charge is 2.21. The molecule has 0 fully saturated rings. The van der Waals surface area contributed by atoms with E-state index in [2.05, 4.69) is 42.3 Å². The number of nitrogens with zero attached hydrogens (tertiary/aromatic N) is 1. The second kappa shape index (κ2) is 5.44. The molecular formula is C18H18N2O. The van der Waals surface area contributed by atoms with E-state index in [4.69, 9.17) is 0 Å². The van der Waals surface area contributed by atoms with Crippen LogP contribution in [-0.2, 0) is 4.79 Å². The Hall–Kier alpha value is -2.55. The highest BCUT2D eigenvalue weighted by atomic mass is 16.1. The molecule has 0 bridgehead atoms. The minimum atomic E-state index is 0.385. The molecule has 0 amide bonds. The highest BCUT2D eigenvalue weighted by molar-refractivity contribution is 5.91. The first-order chi connectivity index (χ1) is 10.2. The molecule has 106 valence electrons. The molecule has 0 atom stereocenters. The van der Waals surface area contributed by atoms with Crippen molar-refractivity contribution in [3.05, 3.63) is 66.0 Å². The van der Waals surface area contributed by atoms with Gasteiger partial charge >= 0.3 is 0 Å². The largest absolute Gasteiger partial charge is 0.350 e. The maximum atomic E-state index is 11.3. The van der Waals surface area contributed by atoms with Crippen LogP contribution in [-0.4, -0.2) is 6.29 Å². The van der Waals surface area contributed by atoms with Crippen molar-refractivity contribution >= 4 is 23.3 Å². The summed E-state index contributed by atoms with van der Waals surface area (Å²) in [6.07, 6.45) is 2.70. The van der Waals surface area contributed by atoms with Crippen molar-refractivity contribution in [2.45, 2.75) is 19.8 Å². The van der Waals surface area contributed by atoms with Gasteiger partial charge < -0.3 is 10.2 Å². The van der Waals surface area contributed by atoms with Gasteiger partial charge in [-0.3, -0.25) is 4.79 Å². The number of aldehydes is 1. The van der Waals surface area contributed by atoms with Gasteiger partial charge in [0.1, 0.15) is 0 Å². The summed E-state index contributed by atoms with van der Waals surface area (Å²) in [4.78, 5) is 13.3. The average Bonchev–Trinajstić information content (AvgIpc) is 2.53. The van der Waals surface area contributed by atoms with Gasteiger partial charge in [0.15, 0.2) is 6.29 Å². The zero-order valence-corrected chi connectivity index (χ0v) is 12.2. The molecule has 0 unspecified atom stereocenters. The van der Waals surface area contributed by atoms with Crippen LogP contribution >= 0.6 is 0 Å². The Morgan fingerprint density at radius 3 is 2.48 bits per heavy atom. The Morgan fingerprint density at radius 2 is 1.81 bits per heavy atom. The molecule has 21 heavy (non-hydrogen) atoms. The molecule has 3 heteroatoms. The summed E-state index contributed by atoms with van der Waals surface area (Å²) < 4.78 is 0. The van der Waals surface area contributed by atoms with Crippen LogP contribution in [0.1, 0.15) is 25.3 Å². The first kappa shape index (κ1) is 13.4. The van der Waals surface area contributed by atoms with Crippen LogP contribution < -0.4 is 10.2 Å². The van der Waals surface area contributed by atoms with E-state index >= 15 is 0 Å². The average molecular weight is 278 g/mol. The molecule has 0 radical (unpaired) electrons. The van der Waals surface area contributed by atoms with E-state index in [-0.39, 0.29) is 0 Å². The second-order valence-corrected chi connectivity index (χ2v) is 5.43. The molecule has 1 aliphatic rings. The molecule has 0 aromatic heterocycles. The Morgan fingerprint density at radius 1 is 1.05 bits per heavy atom. The van der Waals surface area contributed by atoms with Crippen molar-refractivity contribution in [3.63, 3.8) is 0 Å². The molecular weight excluding hydrogens is 260 g/mol. The molecule has 0 aliphatic carbocycles. The van der Waals surface area contributed by atoms with Gasteiger partial charge in [0.05, 0.1) is 17.1 Å². The summed E-state index contributed by atoms with van der Waals surface area (Å²) >= 11 is 0. The summed E-state index contributed by atoms with van der Waals surface area (Å²) in [6.45, 7) is 4.31. The third-order valence-electron chi connectivity index (χ3n) is 3.66. The summed E-state index contributed by atoms with van der Waals surface area (Å²) in [6, 6.07) is 16.3. The summed E-state index contributed by atoms with van der Waals surface area (Å²) in [5.74, 6) is 0.385. The van der Waals surface area contributed by atoms with Gasteiger partial charge in [0.25, 0.3) is 0 Å². The molecule has 2 aromatic rings. The molecule has 0 spiro atoms. The number of allylic oxidation sites excluding steroid dienone is 1. The van der Waals surface area contributed by atoms with E-state index in [0.717, 1.165) is 23.3 Å². The maximum absolute atomic E-state index is 11.3. The number of nitrogens with one attached hydrogen (secondary N) is 1. The topological polar surface area (TPSA) is 32.3 Å². The highest BCUT2D eigenvalue weighted by Crippen LogP contribution is 2.40. The number of fused-ring (bicyclic) bond motifs is 1. The minimum absolute atomic E-state index is 0.385. The third-order valence-corrected chi connectivity index (χ3v) is 3.66. The van der Waals surface area contributed by atoms with E-state index < -0.39 is 0 Å². The summed E-state index contributed by atoms with van der Waals surface area (Å²) in [5.41, 5.74) is 4.90. The van der Waals surface area contributed by atoms with Crippen LogP contribution in [0.5, 0.6) is 0 Å². The normalized spacial score (nSPS) is 13.5. The molecule has 3 nitrogen and oxygen atoms in total. The smallest absolute Gasteiger partial charge is 0.167 e. The zero-order valence-electron chi connectivity index (χ0n) is 12.2. The van der Waals surface area contributed by atoms with E-state index in [0.29, 0.717) is 11.6 Å². The van der Waals surface area contributed by atoms with Crippen molar-refractivity contribution < 1.29 is 4.79 Å². The van der Waals surface area contributed by atoms with Crippen molar-refractivity contribution in [2.75, 3.05) is 10.2 Å². The van der Waals surface area contributed by atoms with Gasteiger partial charge in [-0.15, -0.1) is 0 Å². The third kappa shape index (κ3) is 2.42. The number of hydrogen-bond donors (Lipinski definition) is 1. The number of rotatable bonds is 3. The predicted octanol–water partition coefficient (Wildman–Crippen LogP) is 4.41. The Bertz CT molecular complexity index is 690. The standard InChI is InChI=1S/C18H18N2O/c1-13(2)16-9-6-10-17-18(16)19-14(12-21)11-20(17)15-7-4-3-5-8-15/h3-13,19H,1-2H3. The molecule has 0 saturated carbocycles. The van der Waals surface area contributed by atoms with E-state index in [1.807, 2.05) is 36.5 Å². The lowest BCUT2D eigenvalue weighted by Crippen LogP contribution is -2.21. The monoisotopic (exact) mass is 278 g/mol. The molecule has 1 aliphatic heterocycles. The van der Waals surface area contributed by atoms with Gasteiger partial charge in [-0.05, 0) is 29.7 Å². The lowest BCUT2D eigenvalue weighted by molar-refractivity contribution is -0.104. The van der Waals surface area contributed by atoms with E-state index in [1.54, 1.807) is 0 Å². The van der Waals surface area contributed by atoms with E-state index in [9.17, 15) is 4.79 Å². The van der Waals surface area contributed by atoms with Crippen LogP contribution in [0, 0.1) is 0 Å². The van der Waals surface area contributed by atoms with Crippen LogP contribution in [0.15, 0.2) is 60.4 Å². The number of para-hydroxylation sites is 2. The van der Waals surface area contributed by atoms with Crippen LogP contribution in [0.25, 0.3) is 0 Å². The first-order valence-electron chi connectivity index (χ1n) is 7.12. The Balaban J connectivity index is 2.18. The molecule has 1 heterocycles. The minimum Gasteiger partial charge on any atom is -0.350 e. The lowest BCUT2D eigenvalue weighted by atomic mass is 9.98. The van der Waals surface area contributed by atoms with Gasteiger partial charge in [0.2, 0.25) is 0 Å². The van der Waals surface area contributed by atoms with Crippen LogP contribution in [0.4, 0.5) is 17.1 Å². The quantitative estimate of drug-likeness (QED) is 0.844. The van der Waals surface area contributed by atoms with E-state index in [1.165, 1.54) is 5.56 Å². The van der Waals surface area contributed by atoms with Gasteiger partial charge in [-0.2, -0.15) is 0 Å². The molecule has 3 rings (SSSR count). The Kier molecular flexibility index (Phi) is 3.48. The SMILES string of the molecule is CC(C)c1cccc2c1NC(C=O)=CN2c1ccccc1. The fourth-order valence-electron chi connectivity index (χ4n) is 2.62. The van der Waals surface area contributed by atoms with Gasteiger partial charge in [0, 0.05) is 11.9 Å². The van der Waals surface area contributed by atoms with Gasteiger partial charge in [-0.25, -0.2) is 0 Å². The van der Waals surface area contributed by atoms with Crippen molar-refractivity contribution in [2.24, 2.45) is 0 Å². The van der Waals surface area contributed by atoms with Crippen molar-refractivity contribution in [1.82, 2.24) is 0 Å². The Labute approximate surface area is 124 Å². The first-order valence-corrected chi connectivity index (χ1v) is 7.12.